The molecule has 3 aromatic carbocycles. The number of carbonyl (C=O) groups is 2. The van der Waals surface area contributed by atoms with E-state index in [1.807, 2.05) is 60.7 Å². The van der Waals surface area contributed by atoms with Crippen molar-refractivity contribution in [2.75, 3.05) is 6.61 Å². The molecule has 0 saturated heterocycles. The monoisotopic (exact) mass is 503 g/mol. The summed E-state index contributed by atoms with van der Waals surface area (Å²) in [6.45, 7) is 4.64. The van der Waals surface area contributed by atoms with E-state index in [2.05, 4.69) is 26.0 Å². The average Bonchev–Trinajstić information content (AvgIpc) is 3.75. The summed E-state index contributed by atoms with van der Waals surface area (Å²) in [6.07, 6.45) is 5.26. The number of carboxylic acid groups (broad SMARTS) is 1. The van der Waals surface area contributed by atoms with E-state index >= 15 is 0 Å². The zero-order valence-corrected chi connectivity index (χ0v) is 21.7. The third-order valence-electron chi connectivity index (χ3n) is 6.48. The number of aryl methyl sites for hydroxylation is 1. The molecule has 1 amide bonds. The van der Waals surface area contributed by atoms with Crippen molar-refractivity contribution in [2.45, 2.75) is 64.6 Å². The molecule has 3 aromatic rings. The van der Waals surface area contributed by atoms with Crippen LogP contribution in [-0.4, -0.2) is 40.1 Å². The summed E-state index contributed by atoms with van der Waals surface area (Å²) < 4.78 is 6.02. The summed E-state index contributed by atoms with van der Waals surface area (Å²) in [5.41, 5.74) is 4.67. The molecule has 1 saturated carbocycles. The zero-order valence-electron chi connectivity index (χ0n) is 21.7. The van der Waals surface area contributed by atoms with Crippen molar-refractivity contribution in [1.82, 2.24) is 4.90 Å². The topological polar surface area (TPSA) is 87.1 Å². The predicted molar refractivity (Wildman–Crippen MR) is 146 cm³/mol. The lowest BCUT2D eigenvalue weighted by molar-refractivity contribution is -0.122. The van der Waals surface area contributed by atoms with E-state index < -0.39 is 6.23 Å². The Morgan fingerprint density at radius 3 is 2.30 bits per heavy atom. The summed E-state index contributed by atoms with van der Waals surface area (Å²) >= 11 is 0. The molecule has 0 aliphatic heterocycles. The van der Waals surface area contributed by atoms with Gasteiger partial charge in [-0.05, 0) is 61.1 Å². The quantitative estimate of drug-likeness (QED) is 0.174. The van der Waals surface area contributed by atoms with Crippen LogP contribution in [0.15, 0.2) is 72.8 Å². The maximum Gasteiger partial charge on any atom is 0.290 e. The van der Waals surface area contributed by atoms with Gasteiger partial charge < -0.3 is 19.8 Å². The van der Waals surface area contributed by atoms with Crippen LogP contribution in [0.2, 0.25) is 0 Å². The van der Waals surface area contributed by atoms with E-state index in [4.69, 9.17) is 14.6 Å². The Morgan fingerprint density at radius 1 is 1.00 bits per heavy atom. The second kappa shape index (κ2) is 14.2. The first-order chi connectivity index (χ1) is 18.0. The van der Waals surface area contributed by atoms with Gasteiger partial charge in [-0.2, -0.15) is 0 Å². The minimum Gasteiger partial charge on any atom is -0.493 e. The van der Waals surface area contributed by atoms with E-state index in [0.717, 1.165) is 36.8 Å². The van der Waals surface area contributed by atoms with Crippen molar-refractivity contribution >= 4 is 12.4 Å². The van der Waals surface area contributed by atoms with E-state index in [1.165, 1.54) is 18.4 Å². The fourth-order valence-corrected chi connectivity index (χ4v) is 4.35. The third-order valence-corrected chi connectivity index (χ3v) is 6.48. The maximum atomic E-state index is 13.5. The number of ether oxygens (including phenoxy) is 1. The van der Waals surface area contributed by atoms with Gasteiger partial charge in [-0.3, -0.25) is 9.59 Å². The Balaban J connectivity index is 0.00000121. The van der Waals surface area contributed by atoms with Gasteiger partial charge in [0.05, 0.1) is 6.61 Å². The molecule has 1 aliphatic carbocycles. The second-order valence-electron chi connectivity index (χ2n) is 9.26. The summed E-state index contributed by atoms with van der Waals surface area (Å²) in [5.74, 6) is 0.504. The van der Waals surface area contributed by atoms with Crippen molar-refractivity contribution in [1.29, 1.82) is 0 Å². The van der Waals surface area contributed by atoms with E-state index in [9.17, 15) is 9.90 Å². The number of para-hydroxylation sites is 1. The highest BCUT2D eigenvalue weighted by Gasteiger charge is 2.38. The van der Waals surface area contributed by atoms with Gasteiger partial charge in [-0.15, -0.1) is 0 Å². The number of aliphatic hydroxyl groups is 1. The summed E-state index contributed by atoms with van der Waals surface area (Å²) in [6, 6.07) is 23.5. The first-order valence-corrected chi connectivity index (χ1v) is 13.0. The fraction of sp³-hybridized carbons (Fsp3) is 0.355. The van der Waals surface area contributed by atoms with Gasteiger partial charge in [-0.1, -0.05) is 80.8 Å². The average molecular weight is 504 g/mol. The van der Waals surface area contributed by atoms with Crippen LogP contribution >= 0.6 is 0 Å². The van der Waals surface area contributed by atoms with Gasteiger partial charge in [0.15, 0.2) is 6.23 Å². The number of nitrogens with zero attached hydrogens (tertiary/aromatic N) is 1. The second-order valence-corrected chi connectivity index (χ2v) is 9.26. The molecule has 0 bridgehead atoms. The number of unbranched alkanes of at least 4 members (excludes halogenated alkanes) is 3. The number of hydrogen-bond acceptors (Lipinski definition) is 4. The number of benzene rings is 3. The zero-order chi connectivity index (χ0) is 26.6. The minimum absolute atomic E-state index is 0.0520. The van der Waals surface area contributed by atoms with Gasteiger partial charge in [0.2, 0.25) is 0 Å². The largest absolute Gasteiger partial charge is 0.493 e. The summed E-state index contributed by atoms with van der Waals surface area (Å²) in [4.78, 5) is 23.5. The predicted octanol–water partition coefficient (Wildman–Crippen LogP) is 6.62. The number of carbonyl (C=O) groups excluding carboxylic acids is 1. The van der Waals surface area contributed by atoms with Crippen molar-refractivity contribution in [3.8, 4) is 16.9 Å². The molecule has 196 valence electrons. The first-order valence-electron chi connectivity index (χ1n) is 13.0. The molecule has 6 heteroatoms. The number of hydrogen-bond donors (Lipinski definition) is 2. The standard InChI is InChI=1S/C30H35NO3.CH2O2/c1-3-4-5-10-21-34-28-14-9-8-13-27(28)30(33)31(25-19-20-25)29(32)24-17-15-23(16-18-24)26-12-7-6-11-22(26)2;2-1-3/h6-9,11-18,25,30,33H,3-5,10,19-21H2,1-2H3;1H,(H,2,3). The number of amides is 1. The lowest BCUT2D eigenvalue weighted by atomic mass is 9.99. The Kier molecular flexibility index (Phi) is 10.7. The van der Waals surface area contributed by atoms with Crippen LogP contribution in [-0.2, 0) is 4.79 Å². The molecule has 0 heterocycles. The van der Waals surface area contributed by atoms with Crippen LogP contribution in [0.25, 0.3) is 11.1 Å². The fourth-order valence-electron chi connectivity index (χ4n) is 4.35. The van der Waals surface area contributed by atoms with Crippen molar-refractivity contribution in [2.24, 2.45) is 0 Å². The highest BCUT2D eigenvalue weighted by molar-refractivity contribution is 5.95. The highest BCUT2D eigenvalue weighted by Crippen LogP contribution is 2.37. The smallest absolute Gasteiger partial charge is 0.290 e. The van der Waals surface area contributed by atoms with Gasteiger partial charge in [0.25, 0.3) is 12.4 Å². The number of aliphatic hydroxyl groups excluding tert-OH is 1. The van der Waals surface area contributed by atoms with Crippen LogP contribution < -0.4 is 4.74 Å². The first kappa shape index (κ1) is 27.9. The van der Waals surface area contributed by atoms with Crippen LogP contribution in [0.4, 0.5) is 0 Å². The molecular weight excluding hydrogens is 466 g/mol. The molecule has 0 spiro atoms. The number of rotatable bonds is 11. The molecule has 0 radical (unpaired) electrons. The van der Waals surface area contributed by atoms with Gasteiger partial charge in [0, 0.05) is 17.2 Å². The van der Waals surface area contributed by atoms with E-state index in [-0.39, 0.29) is 18.4 Å². The Labute approximate surface area is 219 Å². The minimum atomic E-state index is -1.04. The SMILES string of the molecule is CCCCCCOc1ccccc1C(O)N(C(=O)c1ccc(-c2ccccc2C)cc1)C1CC1.O=CO. The third kappa shape index (κ3) is 7.67. The molecule has 2 N–H and O–H groups in total. The Hall–Kier alpha value is -3.64. The normalized spacial score (nSPS) is 13.2. The molecule has 0 aromatic heterocycles. The van der Waals surface area contributed by atoms with Gasteiger partial charge in [0.1, 0.15) is 5.75 Å². The molecule has 6 nitrogen and oxygen atoms in total. The maximum absolute atomic E-state index is 13.5. The molecule has 1 aliphatic rings. The van der Waals surface area contributed by atoms with Crippen molar-refractivity contribution in [3.05, 3.63) is 89.5 Å². The van der Waals surface area contributed by atoms with Crippen LogP contribution in [0.3, 0.4) is 0 Å². The van der Waals surface area contributed by atoms with Gasteiger partial charge in [-0.25, -0.2) is 0 Å². The van der Waals surface area contributed by atoms with Crippen LogP contribution in [0.1, 0.15) is 73.2 Å². The van der Waals surface area contributed by atoms with Crippen LogP contribution in [0, 0.1) is 6.92 Å². The molecule has 1 unspecified atom stereocenters. The lowest BCUT2D eigenvalue weighted by Crippen LogP contribution is -2.37. The molecule has 1 fully saturated rings. The molecular formula is C31H37NO5. The summed E-state index contributed by atoms with van der Waals surface area (Å²) in [5, 5.41) is 18.2. The van der Waals surface area contributed by atoms with Crippen LogP contribution in [0.5, 0.6) is 5.75 Å². The Morgan fingerprint density at radius 2 is 1.65 bits per heavy atom. The molecule has 37 heavy (non-hydrogen) atoms. The van der Waals surface area contributed by atoms with Crippen molar-refractivity contribution < 1.29 is 24.5 Å². The van der Waals surface area contributed by atoms with Gasteiger partial charge >= 0.3 is 0 Å². The lowest BCUT2D eigenvalue weighted by Gasteiger charge is -2.29. The summed E-state index contributed by atoms with van der Waals surface area (Å²) in [7, 11) is 0. The highest BCUT2D eigenvalue weighted by atomic mass is 16.5. The Bertz CT molecular complexity index is 1140. The van der Waals surface area contributed by atoms with E-state index in [0.29, 0.717) is 23.5 Å². The van der Waals surface area contributed by atoms with Crippen molar-refractivity contribution in [3.63, 3.8) is 0 Å². The molecule has 4 rings (SSSR count). The van der Waals surface area contributed by atoms with E-state index in [1.54, 1.807) is 4.90 Å². The molecule has 1 atom stereocenters.